The zero-order valence-corrected chi connectivity index (χ0v) is 16.9. The van der Waals surface area contributed by atoms with Crippen molar-refractivity contribution < 1.29 is 4.79 Å². The quantitative estimate of drug-likeness (QED) is 0.644. The summed E-state index contributed by atoms with van der Waals surface area (Å²) in [4.78, 5) is 12.4. The fourth-order valence-electron chi connectivity index (χ4n) is 2.98. The summed E-state index contributed by atoms with van der Waals surface area (Å²) < 4.78 is 1.93. The number of hydrogen-bond donors (Lipinski definition) is 1. The third-order valence-electron chi connectivity index (χ3n) is 4.45. The lowest BCUT2D eigenvalue weighted by Crippen LogP contribution is -2.16. The largest absolute Gasteiger partial charge is 0.325 e. The fourth-order valence-corrected chi connectivity index (χ4v) is 3.69. The van der Waals surface area contributed by atoms with Gasteiger partial charge in [0.05, 0.1) is 5.75 Å². The molecule has 1 heterocycles. The molecule has 3 rings (SSSR count). The molecule has 0 aliphatic carbocycles. The number of carbonyl (C=O) groups is 1. The number of benzene rings is 2. The van der Waals surface area contributed by atoms with Crippen LogP contribution >= 0.6 is 11.8 Å². The second-order valence-corrected chi connectivity index (χ2v) is 7.48. The molecule has 140 valence electrons. The molecule has 27 heavy (non-hydrogen) atoms. The Morgan fingerprint density at radius 2 is 1.93 bits per heavy atom. The SMILES string of the molecule is CCc1cccc(C)c1NC(=O)CSc1nnc(-c2cccc(C)c2)n1C. The molecule has 0 unspecified atom stereocenters. The van der Waals surface area contributed by atoms with Crippen LogP contribution in [0.3, 0.4) is 0 Å². The van der Waals surface area contributed by atoms with Crippen LogP contribution in [0.4, 0.5) is 5.69 Å². The molecule has 1 amide bonds. The number of para-hydroxylation sites is 1. The molecule has 0 spiro atoms. The summed E-state index contributed by atoms with van der Waals surface area (Å²) in [5.41, 5.74) is 5.34. The van der Waals surface area contributed by atoms with Crippen LogP contribution in [0.15, 0.2) is 47.6 Å². The fraction of sp³-hybridized carbons (Fsp3) is 0.286. The molecule has 0 atom stereocenters. The smallest absolute Gasteiger partial charge is 0.234 e. The molecule has 1 aromatic heterocycles. The highest BCUT2D eigenvalue weighted by molar-refractivity contribution is 7.99. The molecule has 6 heteroatoms. The van der Waals surface area contributed by atoms with E-state index in [0.717, 1.165) is 39.8 Å². The molecule has 0 radical (unpaired) electrons. The van der Waals surface area contributed by atoms with Gasteiger partial charge in [0.15, 0.2) is 11.0 Å². The number of nitrogens with zero attached hydrogens (tertiary/aromatic N) is 3. The lowest BCUT2D eigenvalue weighted by Gasteiger charge is -2.12. The summed E-state index contributed by atoms with van der Waals surface area (Å²) in [6.07, 6.45) is 0.883. The van der Waals surface area contributed by atoms with Gasteiger partial charge in [0, 0.05) is 18.3 Å². The van der Waals surface area contributed by atoms with Gasteiger partial charge in [0.25, 0.3) is 0 Å². The van der Waals surface area contributed by atoms with Crippen molar-refractivity contribution in [1.29, 1.82) is 0 Å². The van der Waals surface area contributed by atoms with Gasteiger partial charge in [-0.05, 0) is 37.5 Å². The average molecular weight is 381 g/mol. The van der Waals surface area contributed by atoms with Crippen molar-refractivity contribution in [2.75, 3.05) is 11.1 Å². The second kappa shape index (κ2) is 8.39. The molecular weight excluding hydrogens is 356 g/mol. The Kier molecular flexibility index (Phi) is 5.96. The van der Waals surface area contributed by atoms with Crippen LogP contribution in [0.2, 0.25) is 0 Å². The molecular formula is C21H24N4OS. The predicted octanol–water partition coefficient (Wildman–Crippen LogP) is 4.39. The van der Waals surface area contributed by atoms with Crippen LogP contribution < -0.4 is 5.32 Å². The Hall–Kier alpha value is -2.60. The first-order valence-corrected chi connectivity index (χ1v) is 9.95. The van der Waals surface area contributed by atoms with Crippen LogP contribution in [0.5, 0.6) is 0 Å². The topological polar surface area (TPSA) is 59.8 Å². The minimum absolute atomic E-state index is 0.0379. The van der Waals surface area contributed by atoms with Gasteiger partial charge in [-0.2, -0.15) is 0 Å². The standard InChI is InChI=1S/C21H24N4OS/c1-5-16-10-7-9-15(3)19(16)22-18(26)13-27-21-24-23-20(25(21)4)17-11-6-8-14(2)12-17/h6-12H,5,13H2,1-4H3,(H,22,26). The van der Waals surface area contributed by atoms with Crippen molar-refractivity contribution in [2.24, 2.45) is 7.05 Å². The number of amides is 1. The maximum Gasteiger partial charge on any atom is 0.234 e. The minimum Gasteiger partial charge on any atom is -0.325 e. The molecule has 0 bridgehead atoms. The highest BCUT2D eigenvalue weighted by Gasteiger charge is 2.14. The van der Waals surface area contributed by atoms with E-state index in [1.165, 1.54) is 17.3 Å². The van der Waals surface area contributed by atoms with E-state index in [9.17, 15) is 4.79 Å². The zero-order valence-electron chi connectivity index (χ0n) is 16.1. The average Bonchev–Trinajstić information content (AvgIpc) is 3.02. The van der Waals surface area contributed by atoms with Gasteiger partial charge in [-0.1, -0.05) is 60.6 Å². The van der Waals surface area contributed by atoms with E-state index >= 15 is 0 Å². The van der Waals surface area contributed by atoms with Crippen molar-refractivity contribution in [3.05, 3.63) is 59.2 Å². The monoisotopic (exact) mass is 380 g/mol. The number of rotatable bonds is 6. The highest BCUT2D eigenvalue weighted by atomic mass is 32.2. The summed E-state index contributed by atoms with van der Waals surface area (Å²) >= 11 is 1.39. The summed E-state index contributed by atoms with van der Waals surface area (Å²) in [5, 5.41) is 12.3. The molecule has 3 aromatic rings. The molecule has 0 aliphatic rings. The second-order valence-electron chi connectivity index (χ2n) is 6.53. The molecule has 0 saturated heterocycles. The Bertz CT molecular complexity index is 965. The molecule has 0 aliphatic heterocycles. The van der Waals surface area contributed by atoms with Gasteiger partial charge in [0.2, 0.25) is 5.91 Å². The van der Waals surface area contributed by atoms with Crippen LogP contribution in [0.1, 0.15) is 23.6 Å². The first-order chi connectivity index (χ1) is 13.0. The number of aromatic nitrogens is 3. The lowest BCUT2D eigenvalue weighted by molar-refractivity contribution is -0.113. The number of thioether (sulfide) groups is 1. The van der Waals surface area contributed by atoms with Gasteiger partial charge in [0.1, 0.15) is 0 Å². The summed E-state index contributed by atoms with van der Waals surface area (Å²) in [5.74, 6) is 1.05. The summed E-state index contributed by atoms with van der Waals surface area (Å²) in [7, 11) is 1.93. The summed E-state index contributed by atoms with van der Waals surface area (Å²) in [6, 6.07) is 14.2. The van der Waals surface area contributed by atoms with Crippen molar-refractivity contribution in [3.8, 4) is 11.4 Å². The third kappa shape index (κ3) is 4.39. The maximum absolute atomic E-state index is 12.4. The Morgan fingerprint density at radius 1 is 1.15 bits per heavy atom. The molecule has 5 nitrogen and oxygen atoms in total. The van der Waals surface area contributed by atoms with Crippen molar-refractivity contribution >= 4 is 23.4 Å². The predicted molar refractivity (Wildman–Crippen MR) is 111 cm³/mol. The molecule has 0 fully saturated rings. The lowest BCUT2D eigenvalue weighted by atomic mass is 10.1. The van der Waals surface area contributed by atoms with E-state index < -0.39 is 0 Å². The number of aryl methyl sites for hydroxylation is 3. The van der Waals surface area contributed by atoms with Gasteiger partial charge >= 0.3 is 0 Å². The minimum atomic E-state index is -0.0379. The van der Waals surface area contributed by atoms with Crippen LogP contribution in [-0.4, -0.2) is 26.4 Å². The first kappa shape index (κ1) is 19.2. The van der Waals surface area contributed by atoms with E-state index in [1.807, 2.05) is 48.9 Å². The first-order valence-electron chi connectivity index (χ1n) is 8.97. The van der Waals surface area contributed by atoms with Crippen LogP contribution in [-0.2, 0) is 18.3 Å². The molecule has 1 N–H and O–H groups in total. The van der Waals surface area contributed by atoms with Gasteiger partial charge in [-0.3, -0.25) is 4.79 Å². The molecule has 2 aromatic carbocycles. The van der Waals surface area contributed by atoms with E-state index in [2.05, 4.69) is 41.5 Å². The summed E-state index contributed by atoms with van der Waals surface area (Å²) in [6.45, 7) is 6.15. The highest BCUT2D eigenvalue weighted by Crippen LogP contribution is 2.25. The van der Waals surface area contributed by atoms with Crippen molar-refractivity contribution in [1.82, 2.24) is 14.8 Å². The number of hydrogen-bond acceptors (Lipinski definition) is 4. The number of anilines is 1. The molecule has 0 saturated carbocycles. The van der Waals surface area contributed by atoms with Gasteiger partial charge in [-0.15, -0.1) is 10.2 Å². The zero-order chi connectivity index (χ0) is 19.4. The van der Waals surface area contributed by atoms with Crippen LogP contribution in [0, 0.1) is 13.8 Å². The van der Waals surface area contributed by atoms with Crippen LogP contribution in [0.25, 0.3) is 11.4 Å². The van der Waals surface area contributed by atoms with Crippen molar-refractivity contribution in [2.45, 2.75) is 32.3 Å². The van der Waals surface area contributed by atoms with E-state index in [1.54, 1.807) is 0 Å². The van der Waals surface area contributed by atoms with Gasteiger partial charge < -0.3 is 9.88 Å². The normalized spacial score (nSPS) is 10.8. The van der Waals surface area contributed by atoms with Crippen molar-refractivity contribution in [3.63, 3.8) is 0 Å². The van der Waals surface area contributed by atoms with Gasteiger partial charge in [-0.25, -0.2) is 0 Å². The van der Waals surface area contributed by atoms with E-state index in [-0.39, 0.29) is 11.7 Å². The van der Waals surface area contributed by atoms with E-state index in [0.29, 0.717) is 0 Å². The van der Waals surface area contributed by atoms with E-state index in [4.69, 9.17) is 0 Å². The Labute approximate surface area is 164 Å². The number of nitrogens with one attached hydrogen (secondary N) is 1. The number of carbonyl (C=O) groups excluding carboxylic acids is 1. The Morgan fingerprint density at radius 3 is 2.67 bits per heavy atom. The Balaban J connectivity index is 1.68. The maximum atomic E-state index is 12.4. The third-order valence-corrected chi connectivity index (χ3v) is 5.47.